The molecule has 4 nitrogen and oxygen atoms in total. The molecule has 0 heterocycles. The zero-order valence-electron chi connectivity index (χ0n) is 17.8. The van der Waals surface area contributed by atoms with Crippen molar-refractivity contribution in [2.45, 2.75) is 65.2 Å². The van der Waals surface area contributed by atoms with E-state index in [9.17, 15) is 4.79 Å². The van der Waals surface area contributed by atoms with E-state index in [1.165, 1.54) is 19.3 Å². The molecule has 2 aromatic rings. The Morgan fingerprint density at radius 1 is 0.828 bits per heavy atom. The summed E-state index contributed by atoms with van der Waals surface area (Å²) in [4.78, 5) is 12.5. The van der Waals surface area contributed by atoms with E-state index in [1.807, 2.05) is 42.5 Å². The van der Waals surface area contributed by atoms with E-state index in [0.717, 1.165) is 49.1 Å². The van der Waals surface area contributed by atoms with E-state index in [-0.39, 0.29) is 5.91 Å². The smallest absolute Gasteiger partial charge is 0.271 e. The average molecular weight is 395 g/mol. The number of unbranched alkanes of at least 4 members (excludes halogenated alkanes) is 5. The number of amides is 1. The molecule has 0 spiro atoms. The normalized spacial score (nSPS) is 11.3. The third-order valence-corrected chi connectivity index (χ3v) is 4.80. The van der Waals surface area contributed by atoms with Crippen LogP contribution in [0, 0.1) is 0 Å². The lowest BCUT2D eigenvalue weighted by Crippen LogP contribution is -2.20. The number of benzene rings is 2. The molecule has 0 atom stereocenters. The lowest BCUT2D eigenvalue weighted by Gasteiger charge is -2.09. The first-order valence-electron chi connectivity index (χ1n) is 10.9. The highest BCUT2D eigenvalue weighted by Gasteiger charge is 2.08. The summed E-state index contributed by atoms with van der Waals surface area (Å²) in [6, 6.07) is 17.3. The molecule has 0 saturated heterocycles. The largest absolute Gasteiger partial charge is 0.494 e. The molecular weight excluding hydrogens is 360 g/mol. The van der Waals surface area contributed by atoms with Crippen molar-refractivity contribution in [3.05, 3.63) is 65.7 Å². The zero-order chi connectivity index (χ0) is 20.7. The van der Waals surface area contributed by atoms with Crippen LogP contribution in [0.15, 0.2) is 59.7 Å². The summed E-state index contributed by atoms with van der Waals surface area (Å²) in [5, 5.41) is 4.43. The molecule has 2 aromatic carbocycles. The minimum atomic E-state index is -0.205. The maximum Gasteiger partial charge on any atom is 0.271 e. The van der Waals surface area contributed by atoms with Crippen molar-refractivity contribution in [2.24, 2.45) is 5.10 Å². The Hall–Kier alpha value is -2.62. The Bertz CT molecular complexity index is 739. The minimum Gasteiger partial charge on any atom is -0.494 e. The fourth-order valence-electron chi connectivity index (χ4n) is 3.04. The molecule has 0 radical (unpaired) electrons. The minimum absolute atomic E-state index is 0.205. The SMILES string of the molecule is CCCCCCOc1ccc(C(=O)NN=C(CCCCC)c2ccccc2)cc1. The van der Waals surface area contributed by atoms with Gasteiger partial charge in [-0.3, -0.25) is 4.79 Å². The van der Waals surface area contributed by atoms with Gasteiger partial charge in [-0.25, -0.2) is 5.43 Å². The van der Waals surface area contributed by atoms with E-state index in [2.05, 4.69) is 24.4 Å². The molecule has 1 amide bonds. The number of carbonyl (C=O) groups excluding carboxylic acids is 1. The van der Waals surface area contributed by atoms with Crippen LogP contribution in [0.1, 0.15) is 81.1 Å². The monoisotopic (exact) mass is 394 g/mol. The van der Waals surface area contributed by atoms with Gasteiger partial charge in [-0.15, -0.1) is 0 Å². The number of ether oxygens (including phenoxy) is 1. The Kier molecular flexibility index (Phi) is 10.6. The molecule has 0 aromatic heterocycles. The summed E-state index contributed by atoms with van der Waals surface area (Å²) in [6.45, 7) is 5.09. The molecule has 0 fully saturated rings. The summed E-state index contributed by atoms with van der Waals surface area (Å²) < 4.78 is 5.74. The number of nitrogens with zero attached hydrogens (tertiary/aromatic N) is 1. The number of hydrogen-bond acceptors (Lipinski definition) is 3. The highest BCUT2D eigenvalue weighted by Crippen LogP contribution is 2.14. The number of nitrogens with one attached hydrogen (secondary N) is 1. The summed E-state index contributed by atoms with van der Waals surface area (Å²) in [5.74, 6) is 0.592. The lowest BCUT2D eigenvalue weighted by atomic mass is 10.0. The molecular formula is C25H34N2O2. The zero-order valence-corrected chi connectivity index (χ0v) is 17.8. The van der Waals surface area contributed by atoms with Crippen molar-refractivity contribution in [2.75, 3.05) is 6.61 Å². The van der Waals surface area contributed by atoms with Gasteiger partial charge in [0.25, 0.3) is 5.91 Å². The molecule has 156 valence electrons. The lowest BCUT2D eigenvalue weighted by molar-refractivity contribution is 0.0954. The standard InChI is InChI=1S/C25H34N2O2/c1-3-5-7-12-20-29-23-18-16-22(17-19-23)25(28)27-26-24(15-9-6-4-2)21-13-10-8-11-14-21/h8,10-11,13-14,16-19H,3-7,9,12,15,20H2,1-2H3,(H,27,28). The maximum absolute atomic E-state index is 12.5. The molecule has 0 aliphatic rings. The highest BCUT2D eigenvalue weighted by atomic mass is 16.5. The van der Waals surface area contributed by atoms with Crippen LogP contribution in [0.4, 0.5) is 0 Å². The number of hydrogen-bond donors (Lipinski definition) is 1. The van der Waals surface area contributed by atoms with Gasteiger partial charge in [0, 0.05) is 5.56 Å². The van der Waals surface area contributed by atoms with E-state index in [4.69, 9.17) is 4.74 Å². The Morgan fingerprint density at radius 2 is 1.52 bits per heavy atom. The molecule has 0 aliphatic heterocycles. The second kappa shape index (κ2) is 13.5. The number of carbonyl (C=O) groups is 1. The summed E-state index contributed by atoms with van der Waals surface area (Å²) in [6.07, 6.45) is 8.93. The topological polar surface area (TPSA) is 50.7 Å². The Morgan fingerprint density at radius 3 is 2.21 bits per heavy atom. The number of rotatable bonds is 13. The molecule has 1 N–H and O–H groups in total. The molecule has 0 saturated carbocycles. The van der Waals surface area contributed by atoms with Crippen LogP contribution in [0.3, 0.4) is 0 Å². The first kappa shape index (κ1) is 22.7. The van der Waals surface area contributed by atoms with Crippen molar-refractivity contribution < 1.29 is 9.53 Å². The van der Waals surface area contributed by atoms with Crippen molar-refractivity contribution in [3.63, 3.8) is 0 Å². The van der Waals surface area contributed by atoms with Crippen LogP contribution in [-0.2, 0) is 0 Å². The van der Waals surface area contributed by atoms with Crippen molar-refractivity contribution in [3.8, 4) is 5.75 Å². The predicted molar refractivity (Wildman–Crippen MR) is 121 cm³/mol. The van der Waals surface area contributed by atoms with E-state index >= 15 is 0 Å². The molecule has 0 unspecified atom stereocenters. The fourth-order valence-corrected chi connectivity index (χ4v) is 3.04. The summed E-state index contributed by atoms with van der Waals surface area (Å²) >= 11 is 0. The van der Waals surface area contributed by atoms with Crippen LogP contribution in [0.5, 0.6) is 5.75 Å². The molecule has 0 bridgehead atoms. The predicted octanol–water partition coefficient (Wildman–Crippen LogP) is 6.36. The average Bonchev–Trinajstić information content (AvgIpc) is 2.77. The van der Waals surface area contributed by atoms with Crippen molar-refractivity contribution in [1.82, 2.24) is 5.43 Å². The molecule has 0 aliphatic carbocycles. The Balaban J connectivity index is 1.92. The van der Waals surface area contributed by atoms with Crippen molar-refractivity contribution in [1.29, 1.82) is 0 Å². The molecule has 2 rings (SSSR count). The van der Waals surface area contributed by atoms with Gasteiger partial charge in [-0.05, 0) is 49.1 Å². The van der Waals surface area contributed by atoms with Gasteiger partial charge in [-0.2, -0.15) is 5.10 Å². The van der Waals surface area contributed by atoms with Gasteiger partial charge < -0.3 is 4.74 Å². The van der Waals surface area contributed by atoms with Gasteiger partial charge in [-0.1, -0.05) is 76.3 Å². The van der Waals surface area contributed by atoms with Crippen LogP contribution in [0.2, 0.25) is 0 Å². The summed E-state index contributed by atoms with van der Waals surface area (Å²) in [5.41, 5.74) is 5.26. The summed E-state index contributed by atoms with van der Waals surface area (Å²) in [7, 11) is 0. The van der Waals surface area contributed by atoms with Gasteiger partial charge in [0.15, 0.2) is 0 Å². The second-order valence-electron chi connectivity index (χ2n) is 7.26. The van der Waals surface area contributed by atoms with E-state index in [1.54, 1.807) is 12.1 Å². The quantitative estimate of drug-likeness (QED) is 0.244. The Labute approximate surface area is 175 Å². The van der Waals surface area contributed by atoms with Gasteiger partial charge in [0.1, 0.15) is 5.75 Å². The van der Waals surface area contributed by atoms with Gasteiger partial charge in [0.05, 0.1) is 12.3 Å². The van der Waals surface area contributed by atoms with Crippen molar-refractivity contribution >= 4 is 11.6 Å². The fraction of sp³-hybridized carbons (Fsp3) is 0.440. The highest BCUT2D eigenvalue weighted by molar-refractivity contribution is 6.02. The molecule has 29 heavy (non-hydrogen) atoms. The van der Waals surface area contributed by atoms with Crippen LogP contribution in [0.25, 0.3) is 0 Å². The number of hydrazone groups is 1. The van der Waals surface area contributed by atoms with E-state index < -0.39 is 0 Å². The third-order valence-electron chi connectivity index (χ3n) is 4.80. The van der Waals surface area contributed by atoms with Gasteiger partial charge >= 0.3 is 0 Å². The van der Waals surface area contributed by atoms with Crippen LogP contribution < -0.4 is 10.2 Å². The second-order valence-corrected chi connectivity index (χ2v) is 7.26. The van der Waals surface area contributed by atoms with Crippen LogP contribution in [-0.4, -0.2) is 18.2 Å². The first-order chi connectivity index (χ1) is 14.2. The van der Waals surface area contributed by atoms with Gasteiger partial charge in [0.2, 0.25) is 0 Å². The maximum atomic E-state index is 12.5. The van der Waals surface area contributed by atoms with E-state index in [0.29, 0.717) is 12.2 Å². The molecule has 4 heteroatoms. The first-order valence-corrected chi connectivity index (χ1v) is 10.9. The third kappa shape index (κ3) is 8.51. The van der Waals surface area contributed by atoms with Crippen LogP contribution >= 0.6 is 0 Å².